The third kappa shape index (κ3) is 5.01. The number of aromatic nitrogens is 2. The van der Waals surface area contributed by atoms with Gasteiger partial charge in [-0.25, -0.2) is 4.79 Å². The number of carbonyl (C=O) groups is 3. The Bertz CT molecular complexity index is 1120. The van der Waals surface area contributed by atoms with E-state index in [4.69, 9.17) is 4.74 Å². The fraction of sp³-hybridized carbons (Fsp3) is 0.150. The standard InChI is InChI=1S/C20H17N5O4S2/c1-11-8-12(2-6-22-11)10-29-20(28)25-16(26)13-4-7-30-18(13)24-17(27)19-23-14-9-21-5-3-15(14)31-19/h2-9,19,23H,10H2,1H3,(H,24,27)(H,25,26,28). The smallest absolute Gasteiger partial charge is 0.414 e. The molecule has 4 heterocycles. The van der Waals surface area contributed by atoms with E-state index < -0.39 is 17.4 Å². The fourth-order valence-electron chi connectivity index (χ4n) is 2.81. The van der Waals surface area contributed by atoms with E-state index in [1.165, 1.54) is 29.2 Å². The van der Waals surface area contributed by atoms with E-state index in [2.05, 4.69) is 25.9 Å². The first-order valence-electron chi connectivity index (χ1n) is 9.15. The molecule has 3 N–H and O–H groups in total. The summed E-state index contributed by atoms with van der Waals surface area (Å²) in [5.41, 5.74) is 2.52. The van der Waals surface area contributed by atoms with Crippen LogP contribution in [-0.4, -0.2) is 33.2 Å². The lowest BCUT2D eigenvalue weighted by Crippen LogP contribution is -2.32. The Labute approximate surface area is 185 Å². The van der Waals surface area contributed by atoms with Crippen LogP contribution in [0.4, 0.5) is 15.5 Å². The number of hydrogen-bond donors (Lipinski definition) is 3. The zero-order valence-electron chi connectivity index (χ0n) is 16.2. The number of nitrogens with one attached hydrogen (secondary N) is 3. The monoisotopic (exact) mass is 455 g/mol. The molecule has 3 aromatic heterocycles. The normalized spacial score (nSPS) is 14.3. The van der Waals surface area contributed by atoms with Gasteiger partial charge in [-0.05, 0) is 42.1 Å². The molecule has 0 aromatic carbocycles. The minimum atomic E-state index is -0.876. The predicted octanol–water partition coefficient (Wildman–Crippen LogP) is 3.40. The van der Waals surface area contributed by atoms with Gasteiger partial charge in [-0.3, -0.25) is 24.9 Å². The lowest BCUT2D eigenvalue weighted by atomic mass is 10.2. The van der Waals surface area contributed by atoms with Gasteiger partial charge in [0.25, 0.3) is 11.8 Å². The Balaban J connectivity index is 1.33. The first-order chi connectivity index (χ1) is 15.0. The molecule has 3 amide bonds. The van der Waals surface area contributed by atoms with E-state index in [9.17, 15) is 14.4 Å². The van der Waals surface area contributed by atoms with Crippen LogP contribution in [-0.2, 0) is 16.1 Å². The number of aryl methyl sites for hydroxylation is 1. The molecule has 3 aromatic rings. The molecule has 9 nitrogen and oxygen atoms in total. The maximum atomic E-state index is 12.6. The Morgan fingerprint density at radius 1 is 1.23 bits per heavy atom. The number of carbonyl (C=O) groups excluding carboxylic acids is 3. The molecule has 0 radical (unpaired) electrons. The molecular formula is C20H17N5O4S2. The van der Waals surface area contributed by atoms with Crippen LogP contribution in [0.1, 0.15) is 21.6 Å². The average molecular weight is 456 g/mol. The SMILES string of the molecule is Cc1cc(COC(=O)NC(=O)c2ccsc2NC(=O)C2Nc3cnccc3S2)ccn1. The van der Waals surface area contributed by atoms with Crippen molar-refractivity contribution in [1.82, 2.24) is 15.3 Å². The summed E-state index contributed by atoms with van der Waals surface area (Å²) in [5, 5.41) is 9.44. The van der Waals surface area contributed by atoms with Gasteiger partial charge in [0.15, 0.2) is 5.37 Å². The molecule has 4 rings (SSSR count). The summed E-state index contributed by atoms with van der Waals surface area (Å²) in [6.45, 7) is 1.84. The largest absolute Gasteiger partial charge is 0.444 e. The van der Waals surface area contributed by atoms with Crippen molar-refractivity contribution in [2.75, 3.05) is 10.6 Å². The second-order valence-corrected chi connectivity index (χ2v) is 8.57. The zero-order chi connectivity index (χ0) is 21.8. The summed E-state index contributed by atoms with van der Waals surface area (Å²) in [5.74, 6) is -0.972. The Hall–Kier alpha value is -3.44. The molecule has 0 spiro atoms. The van der Waals surface area contributed by atoms with Gasteiger partial charge in [0.05, 0.1) is 17.4 Å². The molecule has 31 heavy (non-hydrogen) atoms. The van der Waals surface area contributed by atoms with Crippen molar-refractivity contribution in [2.45, 2.75) is 23.8 Å². The molecule has 11 heteroatoms. The maximum absolute atomic E-state index is 12.6. The number of ether oxygens (including phenoxy) is 1. The van der Waals surface area contributed by atoms with Crippen LogP contribution in [0.2, 0.25) is 0 Å². The molecular weight excluding hydrogens is 438 g/mol. The van der Waals surface area contributed by atoms with Crippen LogP contribution >= 0.6 is 23.1 Å². The second-order valence-electron chi connectivity index (χ2n) is 6.50. The number of fused-ring (bicyclic) bond motifs is 1. The summed E-state index contributed by atoms with van der Waals surface area (Å²) in [7, 11) is 0. The predicted molar refractivity (Wildman–Crippen MR) is 117 cm³/mol. The summed E-state index contributed by atoms with van der Waals surface area (Å²) in [4.78, 5) is 46.1. The van der Waals surface area contributed by atoms with Crippen LogP contribution in [0.3, 0.4) is 0 Å². The number of pyridine rings is 2. The molecule has 0 aliphatic carbocycles. The lowest BCUT2D eigenvalue weighted by molar-refractivity contribution is -0.115. The second kappa shape index (κ2) is 9.14. The summed E-state index contributed by atoms with van der Waals surface area (Å²) >= 11 is 2.55. The maximum Gasteiger partial charge on any atom is 0.414 e. The van der Waals surface area contributed by atoms with Crippen molar-refractivity contribution in [3.05, 3.63) is 65.1 Å². The minimum absolute atomic E-state index is 0.00962. The van der Waals surface area contributed by atoms with Crippen LogP contribution in [0.5, 0.6) is 0 Å². The van der Waals surface area contributed by atoms with Gasteiger partial charge in [-0.1, -0.05) is 11.8 Å². The fourth-order valence-corrected chi connectivity index (χ4v) is 4.58. The Kier molecular flexibility index (Phi) is 6.14. The molecule has 0 bridgehead atoms. The molecule has 158 valence electrons. The molecule has 0 saturated carbocycles. The number of thioether (sulfide) groups is 1. The van der Waals surface area contributed by atoms with Crippen LogP contribution in [0.15, 0.2) is 53.1 Å². The quantitative estimate of drug-likeness (QED) is 0.535. The van der Waals surface area contributed by atoms with Gasteiger partial charge in [0.1, 0.15) is 11.6 Å². The summed E-state index contributed by atoms with van der Waals surface area (Å²) in [6, 6.07) is 6.86. The topological polar surface area (TPSA) is 122 Å². The minimum Gasteiger partial charge on any atom is -0.444 e. The van der Waals surface area contributed by atoms with Gasteiger partial charge >= 0.3 is 6.09 Å². The number of imide groups is 1. The highest BCUT2D eigenvalue weighted by Crippen LogP contribution is 2.38. The van der Waals surface area contributed by atoms with E-state index in [0.29, 0.717) is 5.00 Å². The molecule has 0 fully saturated rings. The summed E-state index contributed by atoms with van der Waals surface area (Å²) < 4.78 is 5.09. The van der Waals surface area contributed by atoms with Crippen LogP contribution in [0, 0.1) is 6.92 Å². The molecule has 0 saturated heterocycles. The first kappa shape index (κ1) is 20.8. The third-order valence-electron chi connectivity index (χ3n) is 4.24. The Morgan fingerprint density at radius 3 is 2.90 bits per heavy atom. The summed E-state index contributed by atoms with van der Waals surface area (Å²) in [6.07, 6.45) is 4.05. The number of amides is 3. The van der Waals surface area contributed by atoms with E-state index >= 15 is 0 Å². The number of nitrogens with zero attached hydrogens (tertiary/aromatic N) is 2. The van der Waals surface area contributed by atoms with Crippen molar-refractivity contribution < 1.29 is 19.1 Å². The first-order valence-corrected chi connectivity index (χ1v) is 10.9. The van der Waals surface area contributed by atoms with E-state index in [1.807, 2.05) is 13.0 Å². The molecule has 1 aliphatic heterocycles. The van der Waals surface area contributed by atoms with Gasteiger partial charge < -0.3 is 15.4 Å². The van der Waals surface area contributed by atoms with Crippen molar-refractivity contribution in [2.24, 2.45) is 0 Å². The lowest BCUT2D eigenvalue weighted by Gasteiger charge is -2.11. The third-order valence-corrected chi connectivity index (χ3v) is 6.25. The van der Waals surface area contributed by atoms with Crippen LogP contribution < -0.4 is 16.0 Å². The van der Waals surface area contributed by atoms with Crippen LogP contribution in [0.25, 0.3) is 0 Å². The van der Waals surface area contributed by atoms with Crippen molar-refractivity contribution in [3.63, 3.8) is 0 Å². The van der Waals surface area contributed by atoms with E-state index in [0.717, 1.165) is 21.8 Å². The van der Waals surface area contributed by atoms with E-state index in [-0.39, 0.29) is 18.1 Å². The Morgan fingerprint density at radius 2 is 2.10 bits per heavy atom. The van der Waals surface area contributed by atoms with Crippen molar-refractivity contribution in [1.29, 1.82) is 0 Å². The van der Waals surface area contributed by atoms with Gasteiger partial charge in [0, 0.05) is 23.0 Å². The van der Waals surface area contributed by atoms with E-state index in [1.54, 1.807) is 36.1 Å². The number of thiophene rings is 1. The van der Waals surface area contributed by atoms with Gasteiger partial charge in [-0.2, -0.15) is 0 Å². The van der Waals surface area contributed by atoms with Crippen molar-refractivity contribution >= 4 is 51.7 Å². The highest BCUT2D eigenvalue weighted by Gasteiger charge is 2.29. The van der Waals surface area contributed by atoms with Crippen molar-refractivity contribution in [3.8, 4) is 0 Å². The number of anilines is 2. The average Bonchev–Trinajstić information content (AvgIpc) is 3.39. The molecule has 1 unspecified atom stereocenters. The highest BCUT2D eigenvalue weighted by molar-refractivity contribution is 8.01. The highest BCUT2D eigenvalue weighted by atomic mass is 32.2. The van der Waals surface area contributed by atoms with Gasteiger partial charge in [0.2, 0.25) is 0 Å². The number of alkyl carbamates (subject to hydrolysis) is 1. The zero-order valence-corrected chi connectivity index (χ0v) is 17.9. The number of rotatable bonds is 5. The van der Waals surface area contributed by atoms with Gasteiger partial charge in [-0.15, -0.1) is 11.3 Å². The number of hydrogen-bond acceptors (Lipinski definition) is 9. The molecule has 1 aliphatic rings. The molecule has 1 atom stereocenters.